The highest BCUT2D eigenvalue weighted by Gasteiger charge is 2.42. The predicted molar refractivity (Wildman–Crippen MR) is 86.0 cm³/mol. The first-order valence-electron chi connectivity index (χ1n) is 8.03. The number of nitrogen functional groups attached to an aromatic ring is 1. The first kappa shape index (κ1) is 12.9. The molecule has 2 aliphatic rings. The van der Waals surface area contributed by atoms with Crippen LogP contribution in [0.15, 0.2) is 24.3 Å². The molecular weight excluding hydrogens is 258 g/mol. The molecule has 21 heavy (non-hydrogen) atoms. The molecule has 4 rings (SSSR count). The predicted octanol–water partition coefficient (Wildman–Crippen LogP) is 3.88. The third-order valence-electron chi connectivity index (χ3n) is 5.55. The van der Waals surface area contributed by atoms with Crippen molar-refractivity contribution in [3.05, 3.63) is 35.5 Å². The molecule has 0 radical (unpaired) electrons. The van der Waals surface area contributed by atoms with E-state index in [1.165, 1.54) is 48.1 Å². The fraction of sp³-hybridized carbons (Fsp3) is 0.500. The minimum Gasteiger partial charge on any atom is -0.383 e. The molecule has 1 aromatic heterocycles. The van der Waals surface area contributed by atoms with Gasteiger partial charge in [-0.3, -0.25) is 4.68 Å². The quantitative estimate of drug-likeness (QED) is 0.907. The Morgan fingerprint density at radius 3 is 2.52 bits per heavy atom. The number of rotatable bonds is 2. The average molecular weight is 281 g/mol. The standard InChI is InChI=1S/C18H23N3/c1-11-3-6-13(7-4-11)16-17(20-21(2)18(16)19)15-10-12-5-8-14(15)9-12/h3-4,6-7,12,14-15H,5,8-10,19H2,1-2H3. The highest BCUT2D eigenvalue weighted by molar-refractivity contribution is 5.77. The first-order chi connectivity index (χ1) is 10.1. The Kier molecular flexibility index (Phi) is 2.84. The van der Waals surface area contributed by atoms with E-state index in [4.69, 9.17) is 10.8 Å². The Morgan fingerprint density at radius 1 is 1.14 bits per heavy atom. The summed E-state index contributed by atoms with van der Waals surface area (Å²) in [4.78, 5) is 0. The molecule has 3 unspecified atom stereocenters. The van der Waals surface area contributed by atoms with E-state index in [1.807, 2.05) is 11.7 Å². The zero-order valence-corrected chi connectivity index (χ0v) is 12.8. The first-order valence-corrected chi connectivity index (χ1v) is 8.03. The molecule has 0 spiro atoms. The molecule has 2 saturated carbocycles. The monoisotopic (exact) mass is 281 g/mol. The second-order valence-electron chi connectivity index (χ2n) is 6.92. The molecular formula is C18H23N3. The highest BCUT2D eigenvalue weighted by Crippen LogP contribution is 2.54. The van der Waals surface area contributed by atoms with Crippen LogP contribution in [0.3, 0.4) is 0 Å². The van der Waals surface area contributed by atoms with Crippen molar-refractivity contribution < 1.29 is 0 Å². The van der Waals surface area contributed by atoms with E-state index >= 15 is 0 Å². The summed E-state index contributed by atoms with van der Waals surface area (Å²) in [5.41, 5.74) is 11.2. The van der Waals surface area contributed by atoms with Crippen molar-refractivity contribution >= 4 is 5.82 Å². The maximum Gasteiger partial charge on any atom is 0.129 e. The number of hydrogen-bond acceptors (Lipinski definition) is 2. The largest absolute Gasteiger partial charge is 0.383 e. The lowest BCUT2D eigenvalue weighted by Gasteiger charge is -2.21. The van der Waals surface area contributed by atoms with E-state index in [1.54, 1.807) is 0 Å². The molecule has 2 fully saturated rings. The molecule has 2 N–H and O–H groups in total. The second kappa shape index (κ2) is 4.62. The van der Waals surface area contributed by atoms with Crippen LogP contribution < -0.4 is 5.73 Å². The van der Waals surface area contributed by atoms with Gasteiger partial charge in [0.2, 0.25) is 0 Å². The zero-order chi connectivity index (χ0) is 14.6. The number of benzene rings is 1. The van der Waals surface area contributed by atoms with Gasteiger partial charge in [-0.25, -0.2) is 0 Å². The van der Waals surface area contributed by atoms with Gasteiger partial charge in [-0.05, 0) is 43.6 Å². The fourth-order valence-corrected chi connectivity index (χ4v) is 4.41. The maximum atomic E-state index is 6.34. The van der Waals surface area contributed by atoms with Gasteiger partial charge in [0, 0.05) is 18.5 Å². The minimum atomic E-state index is 0.614. The van der Waals surface area contributed by atoms with Gasteiger partial charge in [0.15, 0.2) is 0 Å². The van der Waals surface area contributed by atoms with Crippen LogP contribution >= 0.6 is 0 Å². The lowest BCUT2D eigenvalue weighted by molar-refractivity contribution is 0.411. The fourth-order valence-electron chi connectivity index (χ4n) is 4.41. The molecule has 0 amide bonds. The number of hydrogen-bond donors (Lipinski definition) is 1. The SMILES string of the molecule is Cc1ccc(-c2c(C3CC4CCC3C4)nn(C)c2N)cc1. The Morgan fingerprint density at radius 2 is 1.90 bits per heavy atom. The van der Waals surface area contributed by atoms with Crippen molar-refractivity contribution in [2.24, 2.45) is 18.9 Å². The van der Waals surface area contributed by atoms with Crippen molar-refractivity contribution in [3.8, 4) is 11.1 Å². The van der Waals surface area contributed by atoms with Gasteiger partial charge >= 0.3 is 0 Å². The van der Waals surface area contributed by atoms with E-state index in [0.717, 1.165) is 17.7 Å². The summed E-state index contributed by atoms with van der Waals surface area (Å²) in [6, 6.07) is 8.68. The molecule has 3 atom stereocenters. The van der Waals surface area contributed by atoms with Crippen molar-refractivity contribution in [2.75, 3.05) is 5.73 Å². The van der Waals surface area contributed by atoms with Crippen LogP contribution in [-0.4, -0.2) is 9.78 Å². The van der Waals surface area contributed by atoms with Gasteiger partial charge in [0.05, 0.1) is 5.69 Å². The third-order valence-corrected chi connectivity index (χ3v) is 5.55. The molecule has 3 heteroatoms. The third kappa shape index (κ3) is 1.98. The lowest BCUT2D eigenvalue weighted by Crippen LogP contribution is -2.10. The second-order valence-corrected chi connectivity index (χ2v) is 6.92. The van der Waals surface area contributed by atoms with Gasteiger partial charge in [-0.15, -0.1) is 0 Å². The Balaban J connectivity index is 1.81. The van der Waals surface area contributed by atoms with E-state index in [2.05, 4.69) is 31.2 Å². The highest BCUT2D eigenvalue weighted by atomic mass is 15.3. The van der Waals surface area contributed by atoms with Gasteiger partial charge in [-0.1, -0.05) is 36.2 Å². The summed E-state index contributed by atoms with van der Waals surface area (Å²) in [5, 5.41) is 4.80. The van der Waals surface area contributed by atoms with E-state index < -0.39 is 0 Å². The smallest absolute Gasteiger partial charge is 0.129 e. The average Bonchev–Trinajstić information content (AvgIpc) is 3.16. The van der Waals surface area contributed by atoms with Crippen LogP contribution in [0.5, 0.6) is 0 Å². The zero-order valence-electron chi connectivity index (χ0n) is 12.8. The van der Waals surface area contributed by atoms with Crippen molar-refractivity contribution in [1.82, 2.24) is 9.78 Å². The Labute approximate surface area is 126 Å². The van der Waals surface area contributed by atoms with Crippen LogP contribution in [0.2, 0.25) is 0 Å². The molecule has 1 aromatic carbocycles. The molecule has 3 nitrogen and oxygen atoms in total. The summed E-state index contributed by atoms with van der Waals surface area (Å²) in [7, 11) is 1.96. The van der Waals surface area contributed by atoms with Gasteiger partial charge < -0.3 is 5.73 Å². The molecule has 2 aromatic rings. The minimum absolute atomic E-state index is 0.614. The van der Waals surface area contributed by atoms with Crippen LogP contribution in [0.4, 0.5) is 5.82 Å². The van der Waals surface area contributed by atoms with Crippen LogP contribution in [0.25, 0.3) is 11.1 Å². The van der Waals surface area contributed by atoms with Gasteiger partial charge in [0.25, 0.3) is 0 Å². The number of aryl methyl sites for hydroxylation is 2. The van der Waals surface area contributed by atoms with Crippen LogP contribution in [0.1, 0.15) is 42.9 Å². The van der Waals surface area contributed by atoms with E-state index in [0.29, 0.717) is 5.92 Å². The van der Waals surface area contributed by atoms with Crippen molar-refractivity contribution in [1.29, 1.82) is 0 Å². The molecule has 0 saturated heterocycles. The van der Waals surface area contributed by atoms with E-state index in [9.17, 15) is 0 Å². The van der Waals surface area contributed by atoms with Crippen LogP contribution in [0, 0.1) is 18.8 Å². The van der Waals surface area contributed by atoms with Crippen molar-refractivity contribution in [3.63, 3.8) is 0 Å². The summed E-state index contributed by atoms with van der Waals surface area (Å²) in [6.07, 6.45) is 5.50. The molecule has 2 aliphatic carbocycles. The Bertz CT molecular complexity index is 669. The normalized spacial score (nSPS) is 27.4. The topological polar surface area (TPSA) is 43.8 Å². The number of fused-ring (bicyclic) bond motifs is 2. The molecule has 2 bridgehead atoms. The Hall–Kier alpha value is -1.77. The maximum absolute atomic E-state index is 6.34. The van der Waals surface area contributed by atoms with Gasteiger partial charge in [-0.2, -0.15) is 5.10 Å². The number of aromatic nitrogens is 2. The van der Waals surface area contributed by atoms with Crippen LogP contribution in [-0.2, 0) is 7.05 Å². The molecule has 0 aliphatic heterocycles. The molecule has 110 valence electrons. The summed E-state index contributed by atoms with van der Waals surface area (Å²) < 4.78 is 1.86. The van der Waals surface area contributed by atoms with Gasteiger partial charge in [0.1, 0.15) is 5.82 Å². The molecule has 1 heterocycles. The number of nitrogens with two attached hydrogens (primary N) is 1. The summed E-state index contributed by atoms with van der Waals surface area (Å²) in [6.45, 7) is 2.12. The number of nitrogens with zero attached hydrogens (tertiary/aromatic N) is 2. The summed E-state index contributed by atoms with van der Waals surface area (Å²) in [5.74, 6) is 3.17. The number of anilines is 1. The van der Waals surface area contributed by atoms with Crippen molar-refractivity contribution in [2.45, 2.75) is 38.5 Å². The van der Waals surface area contributed by atoms with E-state index in [-0.39, 0.29) is 0 Å². The summed E-state index contributed by atoms with van der Waals surface area (Å²) >= 11 is 0. The lowest BCUT2D eigenvalue weighted by atomic mass is 9.84.